The standard InChI is InChI=1S/C27H20FNO4S/c1-16-14-18(28)11-13-25(16)34(32,33)29-23-15-22(27(31)21-9-5-4-8-20(21)23)26-19-7-3-2-6-17(19)10-12-24(26)30/h2-15,29-31H,1H3. The van der Waals surface area contributed by atoms with Crippen LogP contribution in [0.5, 0.6) is 11.5 Å². The van der Waals surface area contributed by atoms with Gasteiger partial charge in [0.2, 0.25) is 0 Å². The van der Waals surface area contributed by atoms with Gasteiger partial charge in [0.1, 0.15) is 17.3 Å². The Bertz CT molecular complexity index is 1700. The summed E-state index contributed by atoms with van der Waals surface area (Å²) in [6.45, 7) is 1.52. The number of aromatic hydroxyl groups is 2. The molecular formula is C27H20FNO4S. The minimum absolute atomic E-state index is 0.0486. The molecule has 0 bridgehead atoms. The van der Waals surface area contributed by atoms with Crippen molar-refractivity contribution < 1.29 is 23.0 Å². The summed E-state index contributed by atoms with van der Waals surface area (Å²) in [6, 6.07) is 22.5. The van der Waals surface area contributed by atoms with E-state index in [2.05, 4.69) is 4.72 Å². The first kappa shape index (κ1) is 21.7. The van der Waals surface area contributed by atoms with Gasteiger partial charge in [0.25, 0.3) is 10.0 Å². The predicted molar refractivity (Wildman–Crippen MR) is 132 cm³/mol. The normalized spacial score (nSPS) is 11.7. The minimum atomic E-state index is -4.08. The fraction of sp³-hybridized carbons (Fsp3) is 0.0370. The highest BCUT2D eigenvalue weighted by Crippen LogP contribution is 2.46. The lowest BCUT2D eigenvalue weighted by molar-refractivity contribution is 0.472. The smallest absolute Gasteiger partial charge is 0.262 e. The largest absolute Gasteiger partial charge is 0.507 e. The van der Waals surface area contributed by atoms with Gasteiger partial charge in [-0.25, -0.2) is 12.8 Å². The van der Waals surface area contributed by atoms with Gasteiger partial charge in [-0.15, -0.1) is 0 Å². The van der Waals surface area contributed by atoms with Crippen LogP contribution >= 0.6 is 0 Å². The quantitative estimate of drug-likeness (QED) is 0.267. The molecule has 5 rings (SSSR count). The molecule has 7 heteroatoms. The van der Waals surface area contributed by atoms with Crippen LogP contribution in [0.25, 0.3) is 32.7 Å². The Kier molecular flexibility index (Phi) is 5.14. The van der Waals surface area contributed by atoms with E-state index < -0.39 is 15.8 Å². The summed E-state index contributed by atoms with van der Waals surface area (Å²) in [4.78, 5) is -0.0550. The van der Waals surface area contributed by atoms with Crippen LogP contribution in [-0.4, -0.2) is 18.6 Å². The predicted octanol–water partition coefficient (Wildman–Crippen LogP) is 6.32. The Morgan fingerprint density at radius 2 is 1.47 bits per heavy atom. The van der Waals surface area contributed by atoms with E-state index in [1.54, 1.807) is 30.3 Å². The molecule has 34 heavy (non-hydrogen) atoms. The van der Waals surface area contributed by atoms with Crippen molar-refractivity contribution in [3.8, 4) is 22.6 Å². The molecule has 0 aromatic heterocycles. The second-order valence-corrected chi connectivity index (χ2v) is 9.71. The Morgan fingerprint density at radius 3 is 2.21 bits per heavy atom. The minimum Gasteiger partial charge on any atom is -0.507 e. The molecule has 0 radical (unpaired) electrons. The summed E-state index contributed by atoms with van der Waals surface area (Å²) < 4.78 is 42.6. The van der Waals surface area contributed by atoms with E-state index in [1.165, 1.54) is 25.1 Å². The lowest BCUT2D eigenvalue weighted by Crippen LogP contribution is -2.14. The molecule has 0 atom stereocenters. The number of sulfonamides is 1. The zero-order valence-electron chi connectivity index (χ0n) is 18.1. The van der Waals surface area contributed by atoms with E-state index in [9.17, 15) is 23.0 Å². The average molecular weight is 474 g/mol. The van der Waals surface area contributed by atoms with Gasteiger partial charge in [-0.05, 0) is 53.6 Å². The van der Waals surface area contributed by atoms with E-state index in [-0.39, 0.29) is 33.2 Å². The summed E-state index contributed by atoms with van der Waals surface area (Å²) in [6.07, 6.45) is 0. The summed E-state index contributed by atoms with van der Waals surface area (Å²) in [5, 5.41) is 24.4. The summed E-state index contributed by atoms with van der Waals surface area (Å²) in [7, 11) is -4.08. The molecule has 0 spiro atoms. The van der Waals surface area contributed by atoms with Gasteiger partial charge in [0, 0.05) is 21.9 Å². The number of halogens is 1. The Labute approximate surface area is 195 Å². The number of anilines is 1. The van der Waals surface area contributed by atoms with Crippen molar-refractivity contribution in [2.45, 2.75) is 11.8 Å². The SMILES string of the molecule is Cc1cc(F)ccc1S(=O)(=O)Nc1cc(-c2c(O)ccc3ccccc23)c(O)c2ccccc12. The topological polar surface area (TPSA) is 86.6 Å². The molecule has 5 aromatic carbocycles. The summed E-state index contributed by atoms with van der Waals surface area (Å²) >= 11 is 0. The highest BCUT2D eigenvalue weighted by molar-refractivity contribution is 7.92. The van der Waals surface area contributed by atoms with E-state index >= 15 is 0 Å². The maximum Gasteiger partial charge on any atom is 0.262 e. The molecule has 0 aliphatic carbocycles. The second-order valence-electron chi connectivity index (χ2n) is 8.06. The molecule has 0 amide bonds. The fourth-order valence-electron chi connectivity index (χ4n) is 4.29. The third-order valence-electron chi connectivity index (χ3n) is 5.86. The van der Waals surface area contributed by atoms with Crippen molar-refractivity contribution in [2.24, 2.45) is 0 Å². The van der Waals surface area contributed by atoms with Crippen LogP contribution in [0.15, 0.2) is 89.8 Å². The zero-order chi connectivity index (χ0) is 24.0. The Balaban J connectivity index is 1.77. The molecule has 0 aliphatic heterocycles. The molecule has 170 valence electrons. The molecule has 0 fully saturated rings. The summed E-state index contributed by atoms with van der Waals surface area (Å²) in [5.74, 6) is -0.657. The average Bonchev–Trinajstić information content (AvgIpc) is 2.81. The molecule has 3 N–H and O–H groups in total. The van der Waals surface area contributed by atoms with Crippen molar-refractivity contribution in [1.82, 2.24) is 0 Å². The monoisotopic (exact) mass is 473 g/mol. The van der Waals surface area contributed by atoms with Crippen LogP contribution in [0.3, 0.4) is 0 Å². The first-order valence-corrected chi connectivity index (χ1v) is 12.0. The molecular weight excluding hydrogens is 453 g/mol. The van der Waals surface area contributed by atoms with E-state index in [1.807, 2.05) is 24.3 Å². The van der Waals surface area contributed by atoms with Crippen LogP contribution < -0.4 is 4.72 Å². The van der Waals surface area contributed by atoms with Gasteiger partial charge in [0.05, 0.1) is 10.6 Å². The molecule has 0 unspecified atom stereocenters. The van der Waals surface area contributed by atoms with Gasteiger partial charge in [-0.1, -0.05) is 54.6 Å². The number of rotatable bonds is 4. The first-order valence-electron chi connectivity index (χ1n) is 10.5. The van der Waals surface area contributed by atoms with Crippen molar-refractivity contribution >= 4 is 37.3 Å². The highest BCUT2D eigenvalue weighted by atomic mass is 32.2. The Morgan fingerprint density at radius 1 is 0.794 bits per heavy atom. The van der Waals surface area contributed by atoms with Crippen molar-refractivity contribution in [3.63, 3.8) is 0 Å². The van der Waals surface area contributed by atoms with Crippen molar-refractivity contribution in [3.05, 3.63) is 96.3 Å². The lowest BCUT2D eigenvalue weighted by atomic mass is 9.93. The zero-order valence-corrected chi connectivity index (χ0v) is 18.9. The molecule has 0 aliphatic rings. The van der Waals surface area contributed by atoms with E-state index in [0.29, 0.717) is 21.7 Å². The first-order chi connectivity index (χ1) is 16.3. The van der Waals surface area contributed by atoms with Crippen LogP contribution in [0.2, 0.25) is 0 Å². The number of hydrogen-bond donors (Lipinski definition) is 3. The number of hydrogen-bond acceptors (Lipinski definition) is 4. The third kappa shape index (κ3) is 3.60. The van der Waals surface area contributed by atoms with Gasteiger partial charge in [0.15, 0.2) is 0 Å². The van der Waals surface area contributed by atoms with Gasteiger partial charge < -0.3 is 10.2 Å². The Hall–Kier alpha value is -4.10. The molecule has 0 saturated heterocycles. The fourth-order valence-corrected chi connectivity index (χ4v) is 5.59. The van der Waals surface area contributed by atoms with Gasteiger partial charge in [-0.3, -0.25) is 4.72 Å². The highest BCUT2D eigenvalue weighted by Gasteiger charge is 2.22. The number of benzene rings is 5. The van der Waals surface area contributed by atoms with E-state index in [4.69, 9.17) is 0 Å². The van der Waals surface area contributed by atoms with Crippen LogP contribution in [0.4, 0.5) is 10.1 Å². The molecule has 5 nitrogen and oxygen atoms in total. The number of phenolic OH excluding ortho intramolecular Hbond substituents is 2. The number of nitrogens with one attached hydrogen (secondary N) is 1. The maximum absolute atomic E-state index is 13.6. The van der Waals surface area contributed by atoms with Crippen molar-refractivity contribution in [2.75, 3.05) is 4.72 Å². The second kappa shape index (κ2) is 8.04. The molecule has 5 aromatic rings. The number of phenols is 2. The van der Waals surface area contributed by atoms with Gasteiger partial charge >= 0.3 is 0 Å². The number of aryl methyl sites for hydroxylation is 1. The van der Waals surface area contributed by atoms with Crippen LogP contribution in [0.1, 0.15) is 5.56 Å². The van der Waals surface area contributed by atoms with Crippen LogP contribution in [-0.2, 0) is 10.0 Å². The lowest BCUT2D eigenvalue weighted by Gasteiger charge is -2.17. The van der Waals surface area contributed by atoms with Crippen molar-refractivity contribution in [1.29, 1.82) is 0 Å². The molecule has 0 heterocycles. The summed E-state index contributed by atoms with van der Waals surface area (Å²) in [5.41, 5.74) is 1.16. The number of fused-ring (bicyclic) bond motifs is 2. The third-order valence-corrected chi connectivity index (χ3v) is 7.39. The molecule has 0 saturated carbocycles. The van der Waals surface area contributed by atoms with E-state index in [0.717, 1.165) is 17.5 Å². The maximum atomic E-state index is 13.6. The van der Waals surface area contributed by atoms with Crippen LogP contribution in [0, 0.1) is 12.7 Å². The van der Waals surface area contributed by atoms with Gasteiger partial charge in [-0.2, -0.15) is 0 Å².